The van der Waals surface area contributed by atoms with Gasteiger partial charge in [-0.3, -0.25) is 4.79 Å². The topological polar surface area (TPSA) is 54.4 Å². The van der Waals surface area contributed by atoms with Gasteiger partial charge in [0.15, 0.2) is 5.78 Å². The SMILES string of the molecule is CC(=O)c1cc(C(=O)O)c(C)c(C)c1C1CCC1. The van der Waals surface area contributed by atoms with Crippen molar-refractivity contribution in [1.29, 1.82) is 0 Å². The van der Waals surface area contributed by atoms with E-state index in [4.69, 9.17) is 0 Å². The summed E-state index contributed by atoms with van der Waals surface area (Å²) in [4.78, 5) is 23.0. The van der Waals surface area contributed by atoms with Crippen molar-refractivity contribution in [3.63, 3.8) is 0 Å². The zero-order chi connectivity index (χ0) is 13.4. The van der Waals surface area contributed by atoms with Crippen LogP contribution in [0.2, 0.25) is 0 Å². The van der Waals surface area contributed by atoms with Gasteiger partial charge in [-0.2, -0.15) is 0 Å². The van der Waals surface area contributed by atoms with Gasteiger partial charge in [0.25, 0.3) is 0 Å². The molecule has 1 aromatic carbocycles. The van der Waals surface area contributed by atoms with Gasteiger partial charge in [0.1, 0.15) is 0 Å². The Morgan fingerprint density at radius 1 is 1.17 bits per heavy atom. The first-order valence-electron chi connectivity index (χ1n) is 6.31. The molecule has 1 aromatic rings. The van der Waals surface area contributed by atoms with E-state index in [1.54, 1.807) is 6.07 Å². The summed E-state index contributed by atoms with van der Waals surface area (Å²) >= 11 is 0. The van der Waals surface area contributed by atoms with Gasteiger partial charge in [-0.15, -0.1) is 0 Å². The summed E-state index contributed by atoms with van der Waals surface area (Å²) in [5, 5.41) is 9.19. The number of carbonyl (C=O) groups is 2. The predicted octanol–water partition coefficient (Wildman–Crippen LogP) is 3.47. The van der Waals surface area contributed by atoms with Gasteiger partial charge in [-0.25, -0.2) is 4.79 Å². The second kappa shape index (κ2) is 4.56. The number of carboxylic acid groups (broad SMARTS) is 1. The molecule has 0 atom stereocenters. The van der Waals surface area contributed by atoms with E-state index in [1.165, 1.54) is 13.3 Å². The Morgan fingerprint density at radius 2 is 1.78 bits per heavy atom. The first-order chi connectivity index (χ1) is 8.43. The second-order valence-electron chi connectivity index (χ2n) is 5.12. The van der Waals surface area contributed by atoms with Crippen LogP contribution in [0.25, 0.3) is 0 Å². The van der Waals surface area contributed by atoms with E-state index in [2.05, 4.69) is 0 Å². The zero-order valence-corrected chi connectivity index (χ0v) is 11.0. The first-order valence-corrected chi connectivity index (χ1v) is 6.31. The Bertz CT molecular complexity index is 525. The van der Waals surface area contributed by atoms with Crippen LogP contribution in [0.3, 0.4) is 0 Å². The molecule has 18 heavy (non-hydrogen) atoms. The van der Waals surface area contributed by atoms with Gasteiger partial charge in [0, 0.05) is 5.56 Å². The summed E-state index contributed by atoms with van der Waals surface area (Å²) in [6.07, 6.45) is 3.40. The van der Waals surface area contributed by atoms with Gasteiger partial charge in [-0.05, 0) is 62.3 Å². The minimum atomic E-state index is -0.960. The number of hydrogen-bond acceptors (Lipinski definition) is 2. The van der Waals surface area contributed by atoms with Crippen LogP contribution in [0.1, 0.15) is 69.5 Å². The molecule has 3 nitrogen and oxygen atoms in total. The molecule has 0 saturated heterocycles. The Morgan fingerprint density at radius 3 is 2.17 bits per heavy atom. The minimum Gasteiger partial charge on any atom is -0.478 e. The molecule has 0 aliphatic heterocycles. The zero-order valence-electron chi connectivity index (χ0n) is 11.0. The van der Waals surface area contributed by atoms with E-state index >= 15 is 0 Å². The van der Waals surface area contributed by atoms with E-state index in [9.17, 15) is 14.7 Å². The molecule has 2 rings (SSSR count). The molecule has 0 radical (unpaired) electrons. The Balaban J connectivity index is 2.67. The molecule has 1 aliphatic rings. The fourth-order valence-corrected chi connectivity index (χ4v) is 2.67. The average molecular weight is 246 g/mol. The van der Waals surface area contributed by atoms with Crippen molar-refractivity contribution >= 4 is 11.8 Å². The van der Waals surface area contributed by atoms with Crippen LogP contribution in [0.4, 0.5) is 0 Å². The maximum atomic E-state index is 11.8. The van der Waals surface area contributed by atoms with Crippen molar-refractivity contribution in [2.45, 2.75) is 46.0 Å². The third-order valence-corrected chi connectivity index (χ3v) is 4.07. The largest absolute Gasteiger partial charge is 0.478 e. The van der Waals surface area contributed by atoms with Crippen molar-refractivity contribution < 1.29 is 14.7 Å². The maximum Gasteiger partial charge on any atom is 0.335 e. The molecule has 1 saturated carbocycles. The fourth-order valence-electron chi connectivity index (χ4n) is 2.67. The summed E-state index contributed by atoms with van der Waals surface area (Å²) < 4.78 is 0. The minimum absolute atomic E-state index is 0.0394. The lowest BCUT2D eigenvalue weighted by atomic mass is 9.74. The van der Waals surface area contributed by atoms with E-state index in [0.717, 1.165) is 29.5 Å². The molecule has 1 N–H and O–H groups in total. The lowest BCUT2D eigenvalue weighted by molar-refractivity contribution is 0.0696. The molecule has 0 unspecified atom stereocenters. The van der Waals surface area contributed by atoms with Gasteiger partial charge >= 0.3 is 5.97 Å². The fraction of sp³-hybridized carbons (Fsp3) is 0.467. The van der Waals surface area contributed by atoms with Crippen molar-refractivity contribution in [2.75, 3.05) is 0 Å². The third kappa shape index (κ3) is 1.94. The first kappa shape index (κ1) is 12.8. The van der Waals surface area contributed by atoms with Crippen molar-refractivity contribution in [1.82, 2.24) is 0 Å². The third-order valence-electron chi connectivity index (χ3n) is 4.07. The Kier molecular flexibility index (Phi) is 3.24. The number of rotatable bonds is 3. The molecule has 0 spiro atoms. The Hall–Kier alpha value is -1.64. The highest BCUT2D eigenvalue weighted by Gasteiger charge is 2.27. The number of benzene rings is 1. The highest BCUT2D eigenvalue weighted by atomic mass is 16.4. The maximum absolute atomic E-state index is 11.8. The molecule has 0 amide bonds. The molecule has 0 aromatic heterocycles. The summed E-state index contributed by atoms with van der Waals surface area (Å²) in [6, 6.07) is 1.56. The number of ketones is 1. The number of carboxylic acids is 1. The smallest absolute Gasteiger partial charge is 0.335 e. The van der Waals surface area contributed by atoms with Crippen molar-refractivity contribution in [2.24, 2.45) is 0 Å². The van der Waals surface area contributed by atoms with Crippen LogP contribution in [0, 0.1) is 13.8 Å². The van der Waals surface area contributed by atoms with Crippen LogP contribution >= 0.6 is 0 Å². The van der Waals surface area contributed by atoms with E-state index in [0.29, 0.717) is 11.5 Å². The van der Waals surface area contributed by atoms with Crippen LogP contribution in [-0.4, -0.2) is 16.9 Å². The van der Waals surface area contributed by atoms with Crippen LogP contribution in [0.5, 0.6) is 0 Å². The summed E-state index contributed by atoms with van der Waals surface area (Å²) in [5.74, 6) is -0.564. The molecular weight excluding hydrogens is 228 g/mol. The number of Topliss-reactive ketones (excluding diaryl/α,β-unsaturated/α-hetero) is 1. The number of hydrogen-bond donors (Lipinski definition) is 1. The van der Waals surface area contributed by atoms with Crippen LogP contribution in [-0.2, 0) is 0 Å². The predicted molar refractivity (Wildman–Crippen MR) is 69.5 cm³/mol. The molecular formula is C15H18O3. The standard InChI is InChI=1S/C15H18O3/c1-8-9(2)14(11-5-4-6-11)13(10(3)16)7-12(8)15(17)18/h7,11H,4-6H2,1-3H3,(H,17,18). The molecule has 96 valence electrons. The van der Waals surface area contributed by atoms with Gasteiger partial charge in [-0.1, -0.05) is 6.42 Å². The van der Waals surface area contributed by atoms with Crippen molar-refractivity contribution in [3.8, 4) is 0 Å². The van der Waals surface area contributed by atoms with Gasteiger partial charge in [0.05, 0.1) is 5.56 Å². The van der Waals surface area contributed by atoms with Gasteiger partial charge in [0.2, 0.25) is 0 Å². The second-order valence-corrected chi connectivity index (χ2v) is 5.12. The van der Waals surface area contributed by atoms with Gasteiger partial charge < -0.3 is 5.11 Å². The quantitative estimate of drug-likeness (QED) is 0.831. The molecule has 0 bridgehead atoms. The van der Waals surface area contributed by atoms with Crippen LogP contribution in [0.15, 0.2) is 6.07 Å². The van der Waals surface area contributed by atoms with Crippen LogP contribution < -0.4 is 0 Å². The lowest BCUT2D eigenvalue weighted by Gasteiger charge is -2.30. The van der Waals surface area contributed by atoms with E-state index < -0.39 is 5.97 Å². The highest BCUT2D eigenvalue weighted by molar-refractivity contribution is 6.00. The normalized spacial score (nSPS) is 15.3. The average Bonchev–Trinajstić information content (AvgIpc) is 2.21. The molecule has 1 aliphatic carbocycles. The highest BCUT2D eigenvalue weighted by Crippen LogP contribution is 2.41. The van der Waals surface area contributed by atoms with E-state index in [1.807, 2.05) is 13.8 Å². The molecule has 0 heterocycles. The molecule has 1 fully saturated rings. The number of aromatic carboxylic acids is 1. The van der Waals surface area contributed by atoms with E-state index in [-0.39, 0.29) is 11.3 Å². The van der Waals surface area contributed by atoms with Crippen molar-refractivity contribution in [3.05, 3.63) is 33.9 Å². The Labute approximate surface area is 107 Å². The molecule has 3 heteroatoms. The monoisotopic (exact) mass is 246 g/mol. The lowest BCUT2D eigenvalue weighted by Crippen LogP contribution is -2.17. The summed E-state index contributed by atoms with van der Waals surface area (Å²) in [5.41, 5.74) is 3.69. The number of carbonyl (C=O) groups excluding carboxylic acids is 1. The summed E-state index contributed by atoms with van der Waals surface area (Å²) in [7, 11) is 0. The summed E-state index contributed by atoms with van der Waals surface area (Å²) in [6.45, 7) is 5.27.